The Morgan fingerprint density at radius 3 is 2.33 bits per heavy atom. The molecular formula is C25H20N4O3S. The molecule has 7 nitrogen and oxygen atoms in total. The van der Waals surface area contributed by atoms with E-state index in [1.807, 2.05) is 30.3 Å². The number of nitrogens with one attached hydrogen (secondary N) is 1. The molecule has 3 aromatic carbocycles. The zero-order valence-electron chi connectivity index (χ0n) is 17.5. The number of fused-ring (bicyclic) bond motifs is 1. The molecule has 0 aliphatic heterocycles. The summed E-state index contributed by atoms with van der Waals surface area (Å²) in [6.45, 7) is 0.333. The molecule has 2 heterocycles. The molecule has 2 aromatic heterocycles. The van der Waals surface area contributed by atoms with Gasteiger partial charge in [0.1, 0.15) is 23.7 Å². The van der Waals surface area contributed by atoms with Gasteiger partial charge in [-0.1, -0.05) is 18.2 Å². The Morgan fingerprint density at radius 1 is 0.848 bits per heavy atom. The molecule has 3 N–H and O–H groups in total. The number of furan rings is 1. The molecule has 0 saturated carbocycles. The highest BCUT2D eigenvalue weighted by atomic mass is 32.2. The molecule has 0 atom stereocenters. The Labute approximate surface area is 190 Å². The third kappa shape index (κ3) is 4.09. The van der Waals surface area contributed by atoms with E-state index in [9.17, 15) is 8.42 Å². The average Bonchev–Trinajstić information content (AvgIpc) is 3.34. The predicted octanol–water partition coefficient (Wildman–Crippen LogP) is 4.92. The molecule has 0 saturated heterocycles. The van der Waals surface area contributed by atoms with Crippen molar-refractivity contribution < 1.29 is 12.8 Å². The van der Waals surface area contributed by atoms with Crippen molar-refractivity contribution in [1.82, 2.24) is 9.97 Å². The Bertz CT molecular complexity index is 1530. The van der Waals surface area contributed by atoms with Crippen molar-refractivity contribution in [2.45, 2.75) is 16.3 Å². The second-order valence-electron chi connectivity index (χ2n) is 7.39. The summed E-state index contributed by atoms with van der Waals surface area (Å²) in [6.07, 6.45) is 1.48. The summed E-state index contributed by atoms with van der Waals surface area (Å²) in [6, 6.07) is 24.5. The predicted molar refractivity (Wildman–Crippen MR) is 127 cm³/mol. The highest BCUT2D eigenvalue weighted by Gasteiger charge is 2.17. The fourth-order valence-corrected chi connectivity index (χ4v) is 4.82. The molecule has 5 aromatic rings. The van der Waals surface area contributed by atoms with Crippen LogP contribution in [0, 0.1) is 0 Å². The lowest BCUT2D eigenvalue weighted by Gasteiger charge is -2.10. The molecule has 0 amide bonds. The molecule has 164 valence electrons. The molecule has 0 bridgehead atoms. The molecule has 8 heteroatoms. The monoisotopic (exact) mass is 456 g/mol. The Kier molecular flexibility index (Phi) is 5.37. The minimum Gasteiger partial charge on any atom is -0.460 e. The quantitative estimate of drug-likeness (QED) is 0.373. The first-order chi connectivity index (χ1) is 16.0. The van der Waals surface area contributed by atoms with E-state index >= 15 is 0 Å². The third-order valence-electron chi connectivity index (χ3n) is 5.26. The van der Waals surface area contributed by atoms with Gasteiger partial charge in [-0.05, 0) is 66.7 Å². The molecular weight excluding hydrogens is 436 g/mol. The van der Waals surface area contributed by atoms with Crippen molar-refractivity contribution in [3.8, 4) is 11.3 Å². The molecule has 0 spiro atoms. The lowest BCUT2D eigenvalue weighted by molar-refractivity contribution is 0.525. The first kappa shape index (κ1) is 20.9. The van der Waals surface area contributed by atoms with E-state index in [1.165, 1.54) is 6.33 Å². The van der Waals surface area contributed by atoms with Crippen LogP contribution in [0.25, 0.3) is 22.2 Å². The number of hydrogen-bond donors (Lipinski definition) is 2. The van der Waals surface area contributed by atoms with Gasteiger partial charge in [-0.25, -0.2) is 18.4 Å². The van der Waals surface area contributed by atoms with E-state index in [4.69, 9.17) is 10.2 Å². The first-order valence-electron chi connectivity index (χ1n) is 10.3. The van der Waals surface area contributed by atoms with Crippen LogP contribution in [0.5, 0.6) is 0 Å². The first-order valence-corrected chi connectivity index (χ1v) is 11.7. The zero-order valence-corrected chi connectivity index (χ0v) is 18.3. The van der Waals surface area contributed by atoms with Crippen molar-refractivity contribution in [3.05, 3.63) is 97.0 Å². The summed E-state index contributed by atoms with van der Waals surface area (Å²) in [5, 5.41) is 4.07. The van der Waals surface area contributed by atoms with Gasteiger partial charge in [0.2, 0.25) is 9.84 Å². The Hall–Kier alpha value is -4.01. The number of aromatic nitrogens is 2. The second kappa shape index (κ2) is 8.50. The van der Waals surface area contributed by atoms with Gasteiger partial charge in [-0.2, -0.15) is 0 Å². The highest BCUT2D eigenvalue weighted by molar-refractivity contribution is 7.91. The topological polar surface area (TPSA) is 111 Å². The summed E-state index contributed by atoms with van der Waals surface area (Å²) in [5.41, 5.74) is 8.00. The summed E-state index contributed by atoms with van der Waals surface area (Å²) < 4.78 is 31.4. The van der Waals surface area contributed by atoms with Crippen LogP contribution in [0.3, 0.4) is 0 Å². The van der Waals surface area contributed by atoms with E-state index in [0.29, 0.717) is 29.6 Å². The molecule has 33 heavy (non-hydrogen) atoms. The van der Waals surface area contributed by atoms with Crippen molar-refractivity contribution in [1.29, 1.82) is 0 Å². The van der Waals surface area contributed by atoms with Gasteiger partial charge < -0.3 is 15.5 Å². The molecule has 0 aliphatic carbocycles. The van der Waals surface area contributed by atoms with Gasteiger partial charge in [-0.15, -0.1) is 0 Å². The lowest BCUT2D eigenvalue weighted by Crippen LogP contribution is -2.02. The highest BCUT2D eigenvalue weighted by Crippen LogP contribution is 2.30. The zero-order chi connectivity index (χ0) is 22.8. The normalized spacial score (nSPS) is 11.5. The fraction of sp³-hybridized carbons (Fsp3) is 0.0400. The van der Waals surface area contributed by atoms with Crippen molar-refractivity contribution >= 4 is 32.2 Å². The maximum Gasteiger partial charge on any atom is 0.206 e. The lowest BCUT2D eigenvalue weighted by atomic mass is 10.1. The van der Waals surface area contributed by atoms with Crippen LogP contribution in [0.1, 0.15) is 5.76 Å². The van der Waals surface area contributed by atoms with Crippen molar-refractivity contribution in [2.24, 2.45) is 5.73 Å². The Balaban J connectivity index is 1.46. The van der Waals surface area contributed by atoms with Gasteiger partial charge in [-0.3, -0.25) is 0 Å². The van der Waals surface area contributed by atoms with E-state index in [0.717, 1.165) is 16.5 Å². The smallest absolute Gasteiger partial charge is 0.206 e. The maximum absolute atomic E-state index is 12.8. The number of nitrogens with two attached hydrogens (primary N) is 1. The number of benzene rings is 3. The minimum absolute atomic E-state index is 0.225. The molecule has 0 unspecified atom stereocenters. The van der Waals surface area contributed by atoms with Gasteiger partial charge in [0.05, 0.1) is 21.9 Å². The SMILES string of the molecule is NCc1ccc(-c2ccc3ncnc(Nc4ccc(S(=O)(=O)c5ccccc5)cc4)c3c2)o1. The molecule has 0 radical (unpaired) electrons. The Morgan fingerprint density at radius 2 is 1.61 bits per heavy atom. The molecule has 0 aliphatic rings. The number of nitrogens with zero attached hydrogens (tertiary/aromatic N) is 2. The van der Waals surface area contributed by atoms with E-state index < -0.39 is 9.84 Å². The number of sulfone groups is 1. The number of anilines is 2. The van der Waals surface area contributed by atoms with Crippen LogP contribution in [0.2, 0.25) is 0 Å². The second-order valence-corrected chi connectivity index (χ2v) is 9.34. The van der Waals surface area contributed by atoms with Gasteiger partial charge >= 0.3 is 0 Å². The maximum atomic E-state index is 12.8. The summed E-state index contributed by atoms with van der Waals surface area (Å²) >= 11 is 0. The van der Waals surface area contributed by atoms with Crippen LogP contribution in [-0.2, 0) is 16.4 Å². The van der Waals surface area contributed by atoms with Crippen molar-refractivity contribution in [2.75, 3.05) is 5.32 Å². The van der Waals surface area contributed by atoms with E-state index in [1.54, 1.807) is 54.6 Å². The molecule has 0 fully saturated rings. The van der Waals surface area contributed by atoms with E-state index in [2.05, 4.69) is 15.3 Å². The van der Waals surface area contributed by atoms with Gasteiger partial charge in [0, 0.05) is 16.6 Å². The van der Waals surface area contributed by atoms with Crippen LogP contribution in [0.4, 0.5) is 11.5 Å². The van der Waals surface area contributed by atoms with Crippen LogP contribution in [-0.4, -0.2) is 18.4 Å². The summed E-state index contributed by atoms with van der Waals surface area (Å²) in [4.78, 5) is 9.21. The van der Waals surface area contributed by atoms with Gasteiger partial charge in [0.15, 0.2) is 0 Å². The minimum atomic E-state index is -3.57. The van der Waals surface area contributed by atoms with Crippen LogP contribution in [0.15, 0.2) is 105 Å². The molecule has 5 rings (SSSR count). The van der Waals surface area contributed by atoms with E-state index in [-0.39, 0.29) is 9.79 Å². The fourth-order valence-electron chi connectivity index (χ4n) is 3.54. The van der Waals surface area contributed by atoms with Crippen LogP contribution < -0.4 is 11.1 Å². The summed E-state index contributed by atoms with van der Waals surface area (Å²) in [5.74, 6) is 2.02. The largest absolute Gasteiger partial charge is 0.460 e. The standard InChI is InChI=1S/C25H20N4O3S/c26-15-19-9-13-24(32-19)17-6-12-23-22(14-17)25(28-16-27-23)29-18-7-10-21(11-8-18)33(30,31)20-4-2-1-3-5-20/h1-14,16H,15,26H2,(H,27,28,29). The van der Waals surface area contributed by atoms with Crippen molar-refractivity contribution in [3.63, 3.8) is 0 Å². The average molecular weight is 457 g/mol. The van der Waals surface area contributed by atoms with Gasteiger partial charge in [0.25, 0.3) is 0 Å². The third-order valence-corrected chi connectivity index (χ3v) is 7.05. The number of rotatable bonds is 6. The number of hydrogen-bond acceptors (Lipinski definition) is 7. The summed E-state index contributed by atoms with van der Waals surface area (Å²) in [7, 11) is -3.57. The van der Waals surface area contributed by atoms with Crippen LogP contribution >= 0.6 is 0 Å².